The summed E-state index contributed by atoms with van der Waals surface area (Å²) >= 11 is 0. The van der Waals surface area contributed by atoms with Gasteiger partial charge in [0.2, 0.25) is 0 Å². The van der Waals surface area contributed by atoms with Crippen LogP contribution in [0.2, 0.25) is 0 Å². The van der Waals surface area contributed by atoms with Gasteiger partial charge in [0.05, 0.1) is 19.3 Å². The minimum absolute atomic E-state index is 0.0534. The van der Waals surface area contributed by atoms with E-state index in [4.69, 9.17) is 15.2 Å². The molecule has 1 aliphatic carbocycles. The Morgan fingerprint density at radius 3 is 2.76 bits per heavy atom. The molecule has 1 aliphatic rings. The Morgan fingerprint density at radius 2 is 2.18 bits per heavy atom. The van der Waals surface area contributed by atoms with Crippen molar-refractivity contribution in [1.29, 1.82) is 0 Å². The van der Waals surface area contributed by atoms with Crippen LogP contribution in [0, 0.1) is 0 Å². The normalized spacial score (nSPS) is 17.5. The number of ether oxygens (including phenoxy) is 2. The summed E-state index contributed by atoms with van der Waals surface area (Å²) in [4.78, 5) is 0. The first-order valence-electron chi connectivity index (χ1n) is 6.25. The van der Waals surface area contributed by atoms with Crippen LogP contribution in [0.15, 0.2) is 24.3 Å². The molecule has 3 nitrogen and oxygen atoms in total. The SMILES string of the molecule is COc1cccc(COC2(CCN)CCC2)c1. The van der Waals surface area contributed by atoms with Crippen LogP contribution in [0.25, 0.3) is 0 Å². The third kappa shape index (κ3) is 2.99. The average Bonchev–Trinajstić information content (AvgIpc) is 2.33. The van der Waals surface area contributed by atoms with Gasteiger partial charge < -0.3 is 15.2 Å². The van der Waals surface area contributed by atoms with Gasteiger partial charge in [-0.05, 0) is 49.9 Å². The molecule has 1 fully saturated rings. The summed E-state index contributed by atoms with van der Waals surface area (Å²) in [6, 6.07) is 8.03. The molecule has 0 radical (unpaired) electrons. The van der Waals surface area contributed by atoms with Gasteiger partial charge in [0.25, 0.3) is 0 Å². The Kier molecular flexibility index (Phi) is 4.02. The molecular weight excluding hydrogens is 214 g/mol. The highest BCUT2D eigenvalue weighted by Crippen LogP contribution is 2.38. The summed E-state index contributed by atoms with van der Waals surface area (Å²) in [6.45, 7) is 1.36. The zero-order valence-electron chi connectivity index (χ0n) is 10.4. The van der Waals surface area contributed by atoms with Crippen LogP contribution >= 0.6 is 0 Å². The third-order valence-corrected chi connectivity index (χ3v) is 3.54. The zero-order valence-corrected chi connectivity index (χ0v) is 10.4. The van der Waals surface area contributed by atoms with E-state index in [2.05, 4.69) is 6.07 Å². The van der Waals surface area contributed by atoms with Gasteiger partial charge in [0.1, 0.15) is 5.75 Å². The lowest BCUT2D eigenvalue weighted by molar-refractivity contribution is -0.112. The standard InChI is InChI=1S/C14H21NO2/c1-16-13-5-2-4-12(10-13)11-17-14(8-9-15)6-3-7-14/h2,4-5,10H,3,6-9,11,15H2,1H3. The van der Waals surface area contributed by atoms with Crippen LogP contribution in [0.5, 0.6) is 5.75 Å². The summed E-state index contributed by atoms with van der Waals surface area (Å²) in [5.41, 5.74) is 6.85. The van der Waals surface area contributed by atoms with E-state index in [-0.39, 0.29) is 5.60 Å². The first kappa shape index (κ1) is 12.4. The molecule has 94 valence electrons. The van der Waals surface area contributed by atoms with Gasteiger partial charge in [0, 0.05) is 0 Å². The summed E-state index contributed by atoms with van der Waals surface area (Å²) < 4.78 is 11.3. The Labute approximate surface area is 103 Å². The lowest BCUT2D eigenvalue weighted by Gasteiger charge is -2.41. The maximum atomic E-state index is 6.06. The van der Waals surface area contributed by atoms with E-state index >= 15 is 0 Å². The lowest BCUT2D eigenvalue weighted by Crippen LogP contribution is -2.41. The molecule has 2 rings (SSSR count). The molecule has 17 heavy (non-hydrogen) atoms. The van der Waals surface area contributed by atoms with Crippen LogP contribution in [0.3, 0.4) is 0 Å². The smallest absolute Gasteiger partial charge is 0.119 e. The van der Waals surface area contributed by atoms with Crippen LogP contribution < -0.4 is 10.5 Å². The number of nitrogens with two attached hydrogens (primary N) is 1. The molecule has 0 aliphatic heterocycles. The Balaban J connectivity index is 1.92. The molecule has 0 aromatic heterocycles. The fourth-order valence-corrected chi connectivity index (χ4v) is 2.30. The number of rotatable bonds is 6. The first-order valence-corrected chi connectivity index (χ1v) is 6.25. The van der Waals surface area contributed by atoms with Crippen molar-refractivity contribution in [3.8, 4) is 5.75 Å². The van der Waals surface area contributed by atoms with E-state index in [9.17, 15) is 0 Å². The summed E-state index contributed by atoms with van der Waals surface area (Å²) in [6.07, 6.45) is 4.53. The van der Waals surface area contributed by atoms with Crippen molar-refractivity contribution in [1.82, 2.24) is 0 Å². The van der Waals surface area contributed by atoms with Crippen molar-refractivity contribution in [2.75, 3.05) is 13.7 Å². The van der Waals surface area contributed by atoms with Crippen LogP contribution in [-0.4, -0.2) is 19.3 Å². The zero-order chi connectivity index (χ0) is 12.1. The number of methoxy groups -OCH3 is 1. The molecule has 2 N–H and O–H groups in total. The van der Waals surface area contributed by atoms with Crippen molar-refractivity contribution < 1.29 is 9.47 Å². The minimum Gasteiger partial charge on any atom is -0.497 e. The Hall–Kier alpha value is -1.06. The number of hydrogen-bond donors (Lipinski definition) is 1. The van der Waals surface area contributed by atoms with E-state index in [1.165, 1.54) is 6.42 Å². The molecular formula is C14H21NO2. The van der Waals surface area contributed by atoms with Crippen LogP contribution in [0.1, 0.15) is 31.2 Å². The maximum absolute atomic E-state index is 6.06. The van der Waals surface area contributed by atoms with Gasteiger partial charge in [-0.15, -0.1) is 0 Å². The molecule has 0 atom stereocenters. The summed E-state index contributed by atoms with van der Waals surface area (Å²) in [5.74, 6) is 0.882. The van der Waals surface area contributed by atoms with Gasteiger partial charge >= 0.3 is 0 Å². The number of hydrogen-bond acceptors (Lipinski definition) is 3. The van der Waals surface area contributed by atoms with Gasteiger partial charge in [-0.25, -0.2) is 0 Å². The molecule has 1 aromatic carbocycles. The van der Waals surface area contributed by atoms with Gasteiger partial charge in [0.15, 0.2) is 0 Å². The fourth-order valence-electron chi connectivity index (χ4n) is 2.30. The van der Waals surface area contributed by atoms with Crippen molar-refractivity contribution >= 4 is 0 Å². The van der Waals surface area contributed by atoms with Gasteiger partial charge in [-0.2, -0.15) is 0 Å². The summed E-state index contributed by atoms with van der Waals surface area (Å²) in [7, 11) is 1.68. The van der Waals surface area contributed by atoms with E-state index < -0.39 is 0 Å². The van der Waals surface area contributed by atoms with E-state index in [0.717, 1.165) is 30.6 Å². The predicted molar refractivity (Wildman–Crippen MR) is 68.0 cm³/mol. The second-order valence-corrected chi connectivity index (χ2v) is 4.72. The second-order valence-electron chi connectivity index (χ2n) is 4.72. The molecule has 3 heteroatoms. The van der Waals surface area contributed by atoms with Crippen molar-refractivity contribution in [3.05, 3.63) is 29.8 Å². The van der Waals surface area contributed by atoms with Gasteiger partial charge in [-0.3, -0.25) is 0 Å². The van der Waals surface area contributed by atoms with Gasteiger partial charge in [-0.1, -0.05) is 12.1 Å². The lowest BCUT2D eigenvalue weighted by atomic mass is 9.77. The van der Waals surface area contributed by atoms with Crippen LogP contribution in [-0.2, 0) is 11.3 Å². The second kappa shape index (κ2) is 5.52. The largest absolute Gasteiger partial charge is 0.497 e. The minimum atomic E-state index is 0.0534. The van der Waals surface area contributed by atoms with Crippen molar-refractivity contribution in [2.24, 2.45) is 5.73 Å². The Bertz CT molecular complexity index is 361. The van der Waals surface area contributed by atoms with Crippen molar-refractivity contribution in [2.45, 2.75) is 37.9 Å². The Morgan fingerprint density at radius 1 is 1.35 bits per heavy atom. The molecule has 0 bridgehead atoms. The predicted octanol–water partition coefficient (Wildman–Crippen LogP) is 2.48. The highest BCUT2D eigenvalue weighted by molar-refractivity contribution is 5.27. The molecule has 0 amide bonds. The maximum Gasteiger partial charge on any atom is 0.119 e. The highest BCUT2D eigenvalue weighted by Gasteiger charge is 2.37. The number of benzene rings is 1. The molecule has 1 aromatic rings. The van der Waals surface area contributed by atoms with Crippen LogP contribution in [0.4, 0.5) is 0 Å². The highest BCUT2D eigenvalue weighted by atomic mass is 16.5. The van der Waals surface area contributed by atoms with E-state index in [1.807, 2.05) is 18.2 Å². The van der Waals surface area contributed by atoms with E-state index in [1.54, 1.807) is 7.11 Å². The summed E-state index contributed by atoms with van der Waals surface area (Å²) in [5, 5.41) is 0. The molecule has 0 heterocycles. The van der Waals surface area contributed by atoms with Crippen molar-refractivity contribution in [3.63, 3.8) is 0 Å². The monoisotopic (exact) mass is 235 g/mol. The van der Waals surface area contributed by atoms with E-state index in [0.29, 0.717) is 13.2 Å². The first-order chi connectivity index (χ1) is 8.28. The quantitative estimate of drug-likeness (QED) is 0.824. The fraction of sp³-hybridized carbons (Fsp3) is 0.571. The topological polar surface area (TPSA) is 44.5 Å². The molecule has 0 unspecified atom stereocenters. The molecule has 1 saturated carbocycles. The molecule has 0 saturated heterocycles. The average molecular weight is 235 g/mol. The third-order valence-electron chi connectivity index (χ3n) is 3.54. The molecule has 0 spiro atoms.